The molecule has 1 saturated heterocycles. The fourth-order valence-corrected chi connectivity index (χ4v) is 3.91. The van der Waals surface area contributed by atoms with E-state index in [1.165, 1.54) is 4.90 Å². The van der Waals surface area contributed by atoms with Gasteiger partial charge < -0.3 is 9.64 Å². The van der Waals surface area contributed by atoms with Gasteiger partial charge in [-0.3, -0.25) is 9.59 Å². The van der Waals surface area contributed by atoms with E-state index < -0.39 is 5.92 Å². The smallest absolute Gasteiger partial charge is 0.242 e. The third-order valence-corrected chi connectivity index (χ3v) is 5.16. The van der Waals surface area contributed by atoms with Crippen molar-refractivity contribution in [2.24, 2.45) is 5.92 Å². The van der Waals surface area contributed by atoms with Crippen LogP contribution in [0.4, 0.5) is 11.4 Å². The molecule has 2 atom stereocenters. The van der Waals surface area contributed by atoms with E-state index in [9.17, 15) is 9.59 Å². The number of carbonyl (C=O) groups excluding carboxylic acids is 2. The first-order chi connectivity index (χ1) is 12.0. The number of methoxy groups -OCH3 is 1. The van der Waals surface area contributed by atoms with Crippen LogP contribution in [0.3, 0.4) is 0 Å². The van der Waals surface area contributed by atoms with Gasteiger partial charge in [0.2, 0.25) is 11.8 Å². The van der Waals surface area contributed by atoms with Crippen LogP contribution in [0.25, 0.3) is 0 Å². The van der Waals surface area contributed by atoms with Crippen LogP contribution in [0.1, 0.15) is 17.0 Å². The average Bonchev–Trinajstić information content (AvgIpc) is 2.85. The van der Waals surface area contributed by atoms with E-state index >= 15 is 0 Å². The van der Waals surface area contributed by atoms with Gasteiger partial charge in [-0.05, 0) is 42.8 Å². The van der Waals surface area contributed by atoms with Gasteiger partial charge in [0.1, 0.15) is 5.75 Å². The molecule has 0 radical (unpaired) electrons. The van der Waals surface area contributed by atoms with Crippen molar-refractivity contribution in [2.75, 3.05) is 30.5 Å². The topological polar surface area (TPSA) is 49.9 Å². The Morgan fingerprint density at radius 3 is 2.44 bits per heavy atom. The molecule has 0 bridgehead atoms. The minimum atomic E-state index is -0.402. The highest BCUT2D eigenvalue weighted by molar-refractivity contribution is 6.24. The van der Waals surface area contributed by atoms with Gasteiger partial charge in [0.25, 0.3) is 0 Å². The maximum atomic E-state index is 13.1. The van der Waals surface area contributed by atoms with Gasteiger partial charge in [0.15, 0.2) is 0 Å². The van der Waals surface area contributed by atoms with Crippen LogP contribution in [0.5, 0.6) is 5.75 Å². The summed E-state index contributed by atoms with van der Waals surface area (Å²) < 4.78 is 5.16. The molecular weight excluding hydrogens is 316 g/mol. The number of nitrogens with zero attached hydrogens (tertiary/aromatic N) is 2. The fourth-order valence-electron chi connectivity index (χ4n) is 3.91. The number of aryl methyl sites for hydroxylation is 1. The Labute approximate surface area is 146 Å². The van der Waals surface area contributed by atoms with E-state index in [2.05, 4.69) is 4.90 Å². The summed E-state index contributed by atoms with van der Waals surface area (Å²) in [6.45, 7) is 2.56. The number of hydrogen-bond acceptors (Lipinski definition) is 4. The lowest BCUT2D eigenvalue weighted by Crippen LogP contribution is -2.37. The molecule has 0 N–H and O–H groups in total. The molecule has 0 aliphatic carbocycles. The number of ether oxygens (including phenoxy) is 1. The highest BCUT2D eigenvalue weighted by Gasteiger charge is 2.52. The van der Waals surface area contributed by atoms with Crippen molar-refractivity contribution in [3.05, 3.63) is 53.6 Å². The Morgan fingerprint density at radius 2 is 1.76 bits per heavy atom. The van der Waals surface area contributed by atoms with Crippen LogP contribution in [-0.4, -0.2) is 32.5 Å². The lowest BCUT2D eigenvalue weighted by Gasteiger charge is -2.33. The predicted molar refractivity (Wildman–Crippen MR) is 96.2 cm³/mol. The van der Waals surface area contributed by atoms with E-state index in [1.807, 2.05) is 32.2 Å². The molecule has 0 aromatic heterocycles. The molecule has 2 aliphatic rings. The third kappa shape index (κ3) is 2.30. The number of benzene rings is 2. The number of amides is 2. The first kappa shape index (κ1) is 15.7. The minimum Gasteiger partial charge on any atom is -0.497 e. The number of rotatable bonds is 2. The van der Waals surface area contributed by atoms with E-state index in [4.69, 9.17) is 4.74 Å². The van der Waals surface area contributed by atoms with Crippen molar-refractivity contribution in [3.8, 4) is 5.75 Å². The molecule has 0 saturated carbocycles. The first-order valence-electron chi connectivity index (χ1n) is 8.35. The molecule has 1 fully saturated rings. The van der Waals surface area contributed by atoms with Crippen molar-refractivity contribution in [1.29, 1.82) is 0 Å². The van der Waals surface area contributed by atoms with Crippen LogP contribution in [0.2, 0.25) is 0 Å². The largest absolute Gasteiger partial charge is 0.497 e. The molecule has 5 nitrogen and oxygen atoms in total. The Bertz CT molecular complexity index is 860. The first-order valence-corrected chi connectivity index (χ1v) is 8.35. The van der Waals surface area contributed by atoms with Gasteiger partial charge in [0.05, 0.1) is 24.6 Å². The second kappa shape index (κ2) is 5.62. The molecule has 0 spiro atoms. The summed E-state index contributed by atoms with van der Waals surface area (Å²) in [6, 6.07) is 13.2. The molecular formula is C20H20N2O3. The molecule has 5 heteroatoms. The quantitative estimate of drug-likeness (QED) is 0.791. The summed E-state index contributed by atoms with van der Waals surface area (Å²) in [7, 11) is 3.56. The van der Waals surface area contributed by atoms with Crippen LogP contribution in [0.15, 0.2) is 42.5 Å². The summed E-state index contributed by atoms with van der Waals surface area (Å²) in [4.78, 5) is 29.5. The minimum absolute atomic E-state index is 0.126. The van der Waals surface area contributed by atoms with E-state index in [0.717, 1.165) is 16.8 Å². The van der Waals surface area contributed by atoms with E-state index in [-0.39, 0.29) is 17.7 Å². The normalized spacial score (nSPS) is 22.0. The molecule has 0 unspecified atom stereocenters. The number of anilines is 2. The summed E-state index contributed by atoms with van der Waals surface area (Å²) >= 11 is 0. The van der Waals surface area contributed by atoms with E-state index in [1.54, 1.807) is 31.4 Å². The third-order valence-electron chi connectivity index (χ3n) is 5.16. The van der Waals surface area contributed by atoms with Crippen LogP contribution in [0, 0.1) is 12.8 Å². The summed E-state index contributed by atoms with van der Waals surface area (Å²) in [5, 5.41) is 0. The summed E-state index contributed by atoms with van der Waals surface area (Å²) in [5.41, 5.74) is 3.68. The Morgan fingerprint density at radius 1 is 1.04 bits per heavy atom. The van der Waals surface area contributed by atoms with Crippen molar-refractivity contribution in [2.45, 2.75) is 12.8 Å². The maximum Gasteiger partial charge on any atom is 0.242 e. The lowest BCUT2D eigenvalue weighted by molar-refractivity contribution is -0.122. The second-order valence-electron chi connectivity index (χ2n) is 6.74. The van der Waals surface area contributed by atoms with Gasteiger partial charge in [-0.15, -0.1) is 0 Å². The Hall–Kier alpha value is -2.82. The second-order valence-corrected chi connectivity index (χ2v) is 6.74. The lowest BCUT2D eigenvalue weighted by atomic mass is 9.82. The monoisotopic (exact) mass is 336 g/mol. The summed E-state index contributed by atoms with van der Waals surface area (Å²) in [6.07, 6.45) is 0. The Kier molecular flexibility index (Phi) is 3.53. The van der Waals surface area contributed by atoms with Crippen molar-refractivity contribution < 1.29 is 14.3 Å². The SMILES string of the molecule is COc1ccc(N2C(=O)[C@H]3CN(C)c4ccc(C)cc4[C@H]3C2=O)cc1. The van der Waals surface area contributed by atoms with Crippen molar-refractivity contribution in [1.82, 2.24) is 0 Å². The van der Waals surface area contributed by atoms with Crippen molar-refractivity contribution in [3.63, 3.8) is 0 Å². The maximum absolute atomic E-state index is 13.1. The van der Waals surface area contributed by atoms with Gasteiger partial charge in [-0.1, -0.05) is 17.7 Å². The van der Waals surface area contributed by atoms with Crippen LogP contribution >= 0.6 is 0 Å². The fraction of sp³-hybridized carbons (Fsp3) is 0.300. The zero-order chi connectivity index (χ0) is 17.7. The number of hydrogen-bond donors (Lipinski definition) is 0. The van der Waals surface area contributed by atoms with Crippen LogP contribution < -0.4 is 14.5 Å². The zero-order valence-corrected chi connectivity index (χ0v) is 14.5. The van der Waals surface area contributed by atoms with E-state index in [0.29, 0.717) is 18.0 Å². The molecule has 2 aliphatic heterocycles. The molecule has 2 aromatic carbocycles. The average molecular weight is 336 g/mol. The van der Waals surface area contributed by atoms with Gasteiger partial charge in [-0.2, -0.15) is 0 Å². The number of imide groups is 1. The number of carbonyl (C=O) groups is 2. The van der Waals surface area contributed by atoms with Crippen molar-refractivity contribution >= 4 is 23.2 Å². The molecule has 2 amide bonds. The molecule has 2 aromatic rings. The zero-order valence-electron chi connectivity index (χ0n) is 14.5. The molecule has 25 heavy (non-hydrogen) atoms. The standard InChI is InChI=1S/C20H20N2O3/c1-12-4-9-17-15(10-12)18-16(11-21(17)2)19(23)22(20(18)24)13-5-7-14(25-3)8-6-13/h4-10,16,18H,11H2,1-3H3/t16-,18+/m0/s1. The Balaban J connectivity index is 1.78. The summed E-state index contributed by atoms with van der Waals surface area (Å²) in [5.74, 6) is -0.310. The highest BCUT2D eigenvalue weighted by atomic mass is 16.5. The van der Waals surface area contributed by atoms with Crippen LogP contribution in [-0.2, 0) is 9.59 Å². The molecule has 4 rings (SSSR count). The van der Waals surface area contributed by atoms with Gasteiger partial charge in [-0.25, -0.2) is 4.90 Å². The van der Waals surface area contributed by atoms with Gasteiger partial charge in [0, 0.05) is 19.3 Å². The highest BCUT2D eigenvalue weighted by Crippen LogP contribution is 2.45. The predicted octanol–water partition coefficient (Wildman–Crippen LogP) is 2.73. The molecule has 128 valence electrons. The van der Waals surface area contributed by atoms with Gasteiger partial charge >= 0.3 is 0 Å². The molecule has 2 heterocycles. The number of fused-ring (bicyclic) bond motifs is 3.